The number of H-pyrrole nitrogens is 1. The molecule has 3 aromatic rings. The molecule has 1 atom stereocenters. The standard InChI is InChI=1S/C24H20F2N2/c1-16(20-15-27-23-11-7-3-6-10-19(20)23)24(17-8-4-2-5-9-17)28-18-12-13-21(25)22(26)14-18/h2-5,7-15,24,27-28H,1,6H2. The monoisotopic (exact) mass is 374 g/mol. The summed E-state index contributed by atoms with van der Waals surface area (Å²) in [6.45, 7) is 4.34. The number of hydrogen-bond donors (Lipinski definition) is 2. The predicted molar refractivity (Wildman–Crippen MR) is 111 cm³/mol. The van der Waals surface area contributed by atoms with Gasteiger partial charge in [-0.25, -0.2) is 8.78 Å². The Hall–Kier alpha value is -3.40. The minimum atomic E-state index is -0.882. The van der Waals surface area contributed by atoms with Crippen LogP contribution >= 0.6 is 0 Å². The number of fused-ring (bicyclic) bond motifs is 1. The summed E-state index contributed by atoms with van der Waals surface area (Å²) in [7, 11) is 0. The molecule has 28 heavy (non-hydrogen) atoms. The number of hydrogen-bond acceptors (Lipinski definition) is 1. The lowest BCUT2D eigenvalue weighted by Crippen LogP contribution is -2.25. The molecule has 1 unspecified atom stereocenters. The van der Waals surface area contributed by atoms with E-state index in [0.29, 0.717) is 5.69 Å². The van der Waals surface area contributed by atoms with E-state index in [0.717, 1.165) is 39.8 Å². The molecule has 1 aliphatic rings. The Morgan fingerprint density at radius 1 is 1.07 bits per heavy atom. The predicted octanol–water partition coefficient (Wildman–Crippen LogP) is 4.68. The van der Waals surface area contributed by atoms with E-state index in [1.807, 2.05) is 48.7 Å². The smallest absolute Gasteiger partial charge is 0.160 e. The van der Waals surface area contributed by atoms with E-state index >= 15 is 0 Å². The first-order valence-electron chi connectivity index (χ1n) is 9.13. The number of aromatic nitrogens is 1. The minimum Gasteiger partial charge on any atom is -0.374 e. The van der Waals surface area contributed by atoms with Gasteiger partial charge in [-0.1, -0.05) is 55.1 Å². The van der Waals surface area contributed by atoms with Gasteiger partial charge in [-0.15, -0.1) is 0 Å². The van der Waals surface area contributed by atoms with Crippen LogP contribution in [0.5, 0.6) is 0 Å². The second-order valence-electron chi connectivity index (χ2n) is 6.71. The molecule has 0 fully saturated rings. The second-order valence-corrected chi connectivity index (χ2v) is 6.71. The Bertz CT molecular complexity index is 1160. The molecule has 4 rings (SSSR count). The van der Waals surface area contributed by atoms with E-state index in [-0.39, 0.29) is 6.04 Å². The maximum Gasteiger partial charge on any atom is 0.160 e. The number of halogens is 2. The van der Waals surface area contributed by atoms with Crippen LogP contribution in [0.25, 0.3) is 17.7 Å². The fourth-order valence-corrected chi connectivity index (χ4v) is 3.43. The lowest BCUT2D eigenvalue weighted by atomic mass is 9.94. The Morgan fingerprint density at radius 2 is 1.89 bits per heavy atom. The average molecular weight is 374 g/mol. The van der Waals surface area contributed by atoms with Crippen LogP contribution in [0.15, 0.2) is 73.5 Å². The quantitative estimate of drug-likeness (QED) is 0.667. The summed E-state index contributed by atoms with van der Waals surface area (Å²) in [6.07, 6.45) is 11.1. The molecule has 4 heteroatoms. The van der Waals surface area contributed by atoms with Gasteiger partial charge < -0.3 is 10.3 Å². The zero-order valence-electron chi connectivity index (χ0n) is 15.3. The van der Waals surface area contributed by atoms with E-state index in [4.69, 9.17) is 0 Å². The van der Waals surface area contributed by atoms with Gasteiger partial charge in [0.05, 0.1) is 6.04 Å². The van der Waals surface area contributed by atoms with Crippen molar-refractivity contribution in [3.8, 4) is 0 Å². The van der Waals surface area contributed by atoms with E-state index in [1.54, 1.807) is 0 Å². The van der Waals surface area contributed by atoms with Crippen LogP contribution in [-0.2, 0) is 0 Å². The third-order valence-electron chi connectivity index (χ3n) is 4.87. The van der Waals surface area contributed by atoms with E-state index in [2.05, 4.69) is 29.0 Å². The van der Waals surface area contributed by atoms with Crippen LogP contribution in [-0.4, -0.2) is 4.98 Å². The van der Waals surface area contributed by atoms with Crippen LogP contribution in [0.1, 0.15) is 23.6 Å². The van der Waals surface area contributed by atoms with Gasteiger partial charge in [0.1, 0.15) is 0 Å². The highest BCUT2D eigenvalue weighted by molar-refractivity contribution is 5.74. The first-order valence-corrected chi connectivity index (χ1v) is 9.13. The molecule has 140 valence electrons. The molecule has 1 heterocycles. The SMILES string of the molecule is C=C(c1c[nH]c2c1=CCC=CC=2)C(Nc1ccc(F)c(F)c1)c1ccccc1. The van der Waals surface area contributed by atoms with Gasteiger partial charge in [0.15, 0.2) is 11.6 Å². The number of anilines is 1. The van der Waals surface area contributed by atoms with E-state index in [9.17, 15) is 8.78 Å². The summed E-state index contributed by atoms with van der Waals surface area (Å²) in [5.41, 5.74) is 3.33. The molecular formula is C24H20F2N2. The molecule has 0 aliphatic heterocycles. The Kier molecular flexibility index (Phi) is 4.94. The number of allylic oxidation sites excluding steroid dienone is 2. The number of benzene rings is 2. The molecule has 0 spiro atoms. The minimum absolute atomic E-state index is 0.296. The summed E-state index contributed by atoms with van der Waals surface area (Å²) in [5.74, 6) is -1.75. The van der Waals surface area contributed by atoms with Crippen molar-refractivity contribution >= 4 is 23.4 Å². The number of rotatable bonds is 5. The van der Waals surface area contributed by atoms with Gasteiger partial charge in [0.25, 0.3) is 0 Å². The van der Waals surface area contributed by atoms with Gasteiger partial charge in [-0.05, 0) is 35.8 Å². The van der Waals surface area contributed by atoms with Crippen molar-refractivity contribution in [2.45, 2.75) is 12.5 Å². The highest BCUT2D eigenvalue weighted by Crippen LogP contribution is 2.31. The first kappa shape index (κ1) is 18.0. The van der Waals surface area contributed by atoms with Crippen molar-refractivity contribution in [2.24, 2.45) is 0 Å². The van der Waals surface area contributed by atoms with Gasteiger partial charge in [0.2, 0.25) is 0 Å². The molecule has 1 aromatic heterocycles. The van der Waals surface area contributed by atoms with E-state index in [1.165, 1.54) is 12.1 Å². The highest BCUT2D eigenvalue weighted by Gasteiger charge is 2.19. The van der Waals surface area contributed by atoms with Crippen molar-refractivity contribution < 1.29 is 8.78 Å². The first-order chi connectivity index (χ1) is 13.6. The normalized spacial score (nSPS) is 13.6. The van der Waals surface area contributed by atoms with Crippen LogP contribution in [0.3, 0.4) is 0 Å². The third kappa shape index (κ3) is 3.54. The molecule has 1 aliphatic carbocycles. The third-order valence-corrected chi connectivity index (χ3v) is 4.87. The van der Waals surface area contributed by atoms with Gasteiger partial charge >= 0.3 is 0 Å². The lowest BCUT2D eigenvalue weighted by Gasteiger charge is -2.23. The summed E-state index contributed by atoms with van der Waals surface area (Å²) in [4.78, 5) is 3.30. The van der Waals surface area contributed by atoms with Crippen LogP contribution in [0.2, 0.25) is 0 Å². The molecule has 0 saturated carbocycles. The Balaban J connectivity index is 1.76. The fourth-order valence-electron chi connectivity index (χ4n) is 3.43. The summed E-state index contributed by atoms with van der Waals surface area (Å²) < 4.78 is 27.0. The maximum atomic E-state index is 13.7. The van der Waals surface area contributed by atoms with Crippen LogP contribution in [0.4, 0.5) is 14.5 Å². The fraction of sp³-hybridized carbons (Fsp3) is 0.0833. The molecule has 2 aromatic carbocycles. The van der Waals surface area contributed by atoms with Crippen molar-refractivity contribution in [1.82, 2.24) is 4.98 Å². The largest absolute Gasteiger partial charge is 0.374 e. The van der Waals surface area contributed by atoms with Crippen molar-refractivity contribution in [1.29, 1.82) is 0 Å². The van der Waals surface area contributed by atoms with E-state index < -0.39 is 11.6 Å². The number of nitrogens with one attached hydrogen (secondary N) is 2. The van der Waals surface area contributed by atoms with Crippen LogP contribution < -0.4 is 15.9 Å². The molecular weight excluding hydrogens is 354 g/mol. The molecule has 2 N–H and O–H groups in total. The van der Waals surface area contributed by atoms with Crippen LogP contribution in [0, 0.1) is 11.6 Å². The van der Waals surface area contributed by atoms with Gasteiger partial charge in [-0.3, -0.25) is 0 Å². The van der Waals surface area contributed by atoms with Crippen molar-refractivity contribution in [2.75, 3.05) is 5.32 Å². The summed E-state index contributed by atoms with van der Waals surface area (Å²) >= 11 is 0. The zero-order valence-corrected chi connectivity index (χ0v) is 15.3. The molecule has 0 radical (unpaired) electrons. The average Bonchev–Trinajstić information content (AvgIpc) is 2.97. The molecule has 2 nitrogen and oxygen atoms in total. The van der Waals surface area contributed by atoms with Gasteiger partial charge in [-0.2, -0.15) is 0 Å². The topological polar surface area (TPSA) is 27.8 Å². The molecule has 0 saturated heterocycles. The Morgan fingerprint density at radius 3 is 2.68 bits per heavy atom. The second kappa shape index (κ2) is 7.69. The summed E-state index contributed by atoms with van der Waals surface area (Å²) in [6, 6.07) is 13.3. The maximum absolute atomic E-state index is 13.7. The lowest BCUT2D eigenvalue weighted by molar-refractivity contribution is 0.509. The number of aromatic amines is 1. The van der Waals surface area contributed by atoms with Crippen molar-refractivity contribution in [3.05, 3.63) is 107 Å². The molecule has 0 bridgehead atoms. The Labute approximate surface area is 162 Å². The summed E-state index contributed by atoms with van der Waals surface area (Å²) in [5, 5.41) is 5.45. The zero-order chi connectivity index (χ0) is 19.5. The highest BCUT2D eigenvalue weighted by atomic mass is 19.2. The van der Waals surface area contributed by atoms with Crippen molar-refractivity contribution in [3.63, 3.8) is 0 Å². The van der Waals surface area contributed by atoms with Gasteiger partial charge in [0, 0.05) is 34.1 Å². The molecule has 0 amide bonds.